The summed E-state index contributed by atoms with van der Waals surface area (Å²) in [6, 6.07) is 9.57. The highest BCUT2D eigenvalue weighted by atomic mass is 79.9. The summed E-state index contributed by atoms with van der Waals surface area (Å²) >= 11 is 3.24. The molecule has 0 aliphatic heterocycles. The first-order chi connectivity index (χ1) is 10.6. The minimum Gasteiger partial charge on any atom is -0.383 e. The molecule has 0 saturated heterocycles. The first-order valence-corrected chi connectivity index (χ1v) is 7.54. The van der Waals surface area contributed by atoms with E-state index in [4.69, 9.17) is 4.74 Å². The average molecular weight is 367 g/mol. The second-order valence-corrected chi connectivity index (χ2v) is 5.52. The quantitative estimate of drug-likeness (QED) is 0.787. The zero-order valence-corrected chi connectivity index (χ0v) is 13.7. The molecule has 0 fully saturated rings. The lowest BCUT2D eigenvalue weighted by Gasteiger charge is -2.22. The Balaban J connectivity index is 2.22. The molecule has 6 heteroatoms. The van der Waals surface area contributed by atoms with Gasteiger partial charge >= 0.3 is 0 Å². The molecule has 1 aromatic carbocycles. The molecule has 1 aromatic heterocycles. The van der Waals surface area contributed by atoms with Crippen LogP contribution in [0.25, 0.3) is 0 Å². The zero-order valence-electron chi connectivity index (χ0n) is 12.1. The molecule has 0 aliphatic rings. The number of hydrogen-bond acceptors (Lipinski definition) is 3. The van der Waals surface area contributed by atoms with Crippen LogP contribution in [-0.4, -0.2) is 36.1 Å². The van der Waals surface area contributed by atoms with Crippen LogP contribution in [0.5, 0.6) is 0 Å². The molecule has 1 amide bonds. The minimum atomic E-state index is -0.392. The Morgan fingerprint density at radius 1 is 1.36 bits per heavy atom. The molecule has 1 heterocycles. The molecule has 2 aromatic rings. The van der Waals surface area contributed by atoms with Crippen molar-refractivity contribution in [2.24, 2.45) is 0 Å². The van der Waals surface area contributed by atoms with E-state index in [1.807, 2.05) is 18.2 Å². The Kier molecular flexibility index (Phi) is 6.03. The fourth-order valence-electron chi connectivity index (χ4n) is 1.97. The van der Waals surface area contributed by atoms with Gasteiger partial charge in [-0.2, -0.15) is 0 Å². The summed E-state index contributed by atoms with van der Waals surface area (Å²) in [5.41, 5.74) is 1.19. The highest BCUT2D eigenvalue weighted by Gasteiger charge is 2.19. The molecule has 116 valence electrons. The predicted octanol–water partition coefficient (Wildman–Crippen LogP) is 3.27. The van der Waals surface area contributed by atoms with Gasteiger partial charge in [-0.15, -0.1) is 0 Å². The highest BCUT2D eigenvalue weighted by molar-refractivity contribution is 9.10. The number of carbonyl (C=O) groups excluding carboxylic acids is 1. The lowest BCUT2D eigenvalue weighted by atomic mass is 10.2. The van der Waals surface area contributed by atoms with Gasteiger partial charge in [0.15, 0.2) is 0 Å². The van der Waals surface area contributed by atoms with Crippen LogP contribution < -0.4 is 0 Å². The Hall–Kier alpha value is -1.79. The third-order valence-corrected chi connectivity index (χ3v) is 3.75. The van der Waals surface area contributed by atoms with Crippen molar-refractivity contribution in [2.45, 2.75) is 6.54 Å². The number of carbonyl (C=O) groups is 1. The van der Waals surface area contributed by atoms with Crippen LogP contribution in [0.1, 0.15) is 16.1 Å². The van der Waals surface area contributed by atoms with Crippen LogP contribution in [0, 0.1) is 5.82 Å². The SMILES string of the molecule is COCCN(Cc1ccccn1)C(=O)c1ccc(F)cc1Br. The van der Waals surface area contributed by atoms with E-state index in [2.05, 4.69) is 20.9 Å². The Labute approximate surface area is 137 Å². The lowest BCUT2D eigenvalue weighted by Crippen LogP contribution is -2.34. The number of hydrogen-bond donors (Lipinski definition) is 0. The topological polar surface area (TPSA) is 42.4 Å². The molecule has 0 radical (unpaired) electrons. The number of pyridine rings is 1. The molecular weight excluding hydrogens is 351 g/mol. The summed E-state index contributed by atoms with van der Waals surface area (Å²) in [5.74, 6) is -0.592. The summed E-state index contributed by atoms with van der Waals surface area (Å²) < 4.78 is 18.7. The summed E-state index contributed by atoms with van der Waals surface area (Å²) in [5, 5.41) is 0. The average Bonchev–Trinajstić information content (AvgIpc) is 2.52. The number of aromatic nitrogens is 1. The second kappa shape index (κ2) is 8.00. The van der Waals surface area contributed by atoms with E-state index >= 15 is 0 Å². The minimum absolute atomic E-state index is 0.199. The van der Waals surface area contributed by atoms with Crippen LogP contribution >= 0.6 is 15.9 Å². The zero-order chi connectivity index (χ0) is 15.9. The van der Waals surface area contributed by atoms with Crippen molar-refractivity contribution in [1.29, 1.82) is 0 Å². The number of benzene rings is 1. The van der Waals surface area contributed by atoms with E-state index in [9.17, 15) is 9.18 Å². The van der Waals surface area contributed by atoms with E-state index in [0.717, 1.165) is 5.69 Å². The molecule has 0 spiro atoms. The monoisotopic (exact) mass is 366 g/mol. The van der Waals surface area contributed by atoms with E-state index < -0.39 is 5.82 Å². The Morgan fingerprint density at radius 2 is 2.18 bits per heavy atom. The molecule has 0 bridgehead atoms. The Morgan fingerprint density at radius 3 is 2.82 bits per heavy atom. The van der Waals surface area contributed by atoms with E-state index in [1.165, 1.54) is 18.2 Å². The van der Waals surface area contributed by atoms with Gasteiger partial charge in [-0.1, -0.05) is 6.07 Å². The first-order valence-electron chi connectivity index (χ1n) is 6.75. The third kappa shape index (κ3) is 4.35. The van der Waals surface area contributed by atoms with Crippen LogP contribution in [0.4, 0.5) is 4.39 Å². The van der Waals surface area contributed by atoms with Gasteiger partial charge in [-0.3, -0.25) is 9.78 Å². The van der Waals surface area contributed by atoms with Gasteiger partial charge in [0.1, 0.15) is 5.82 Å². The first kappa shape index (κ1) is 16.6. The summed E-state index contributed by atoms with van der Waals surface area (Å²) in [4.78, 5) is 18.5. The van der Waals surface area contributed by atoms with Crippen LogP contribution in [0.3, 0.4) is 0 Å². The summed E-state index contributed by atoms with van der Waals surface area (Å²) in [6.45, 7) is 1.21. The molecule has 0 saturated carbocycles. The molecule has 4 nitrogen and oxygen atoms in total. The van der Waals surface area contributed by atoms with Crippen molar-refractivity contribution in [3.8, 4) is 0 Å². The van der Waals surface area contributed by atoms with Gasteiger partial charge in [-0.05, 0) is 46.3 Å². The van der Waals surface area contributed by atoms with E-state index in [0.29, 0.717) is 29.7 Å². The molecular formula is C16H16BrFN2O2. The maximum absolute atomic E-state index is 13.2. The van der Waals surface area contributed by atoms with Gasteiger partial charge in [0.05, 0.1) is 24.4 Å². The Bertz CT molecular complexity index is 637. The fourth-order valence-corrected chi connectivity index (χ4v) is 2.49. The van der Waals surface area contributed by atoms with Crippen molar-refractivity contribution in [1.82, 2.24) is 9.88 Å². The van der Waals surface area contributed by atoms with Crippen molar-refractivity contribution in [3.05, 3.63) is 64.1 Å². The smallest absolute Gasteiger partial charge is 0.255 e. The highest BCUT2D eigenvalue weighted by Crippen LogP contribution is 2.20. The second-order valence-electron chi connectivity index (χ2n) is 4.66. The van der Waals surface area contributed by atoms with Gasteiger partial charge in [0.25, 0.3) is 5.91 Å². The van der Waals surface area contributed by atoms with Crippen LogP contribution in [-0.2, 0) is 11.3 Å². The number of nitrogens with zero attached hydrogens (tertiary/aromatic N) is 2. The predicted molar refractivity (Wildman–Crippen MR) is 85.0 cm³/mol. The number of rotatable bonds is 6. The number of ether oxygens (including phenoxy) is 1. The van der Waals surface area contributed by atoms with Crippen LogP contribution in [0.2, 0.25) is 0 Å². The summed E-state index contributed by atoms with van der Waals surface area (Å²) in [6.07, 6.45) is 1.68. The molecule has 0 aliphatic carbocycles. The molecule has 0 unspecified atom stereocenters. The van der Waals surface area contributed by atoms with Crippen molar-refractivity contribution in [3.63, 3.8) is 0 Å². The van der Waals surface area contributed by atoms with Crippen molar-refractivity contribution < 1.29 is 13.9 Å². The van der Waals surface area contributed by atoms with Crippen molar-refractivity contribution in [2.75, 3.05) is 20.3 Å². The van der Waals surface area contributed by atoms with E-state index in [-0.39, 0.29) is 5.91 Å². The molecule has 0 atom stereocenters. The van der Waals surface area contributed by atoms with Gasteiger partial charge in [0, 0.05) is 24.3 Å². The third-order valence-electron chi connectivity index (χ3n) is 3.09. The van der Waals surface area contributed by atoms with Gasteiger partial charge in [0.2, 0.25) is 0 Å². The standard InChI is InChI=1S/C16H16BrFN2O2/c1-22-9-8-20(11-13-4-2-3-7-19-13)16(21)14-6-5-12(18)10-15(14)17/h2-7,10H,8-9,11H2,1H3. The van der Waals surface area contributed by atoms with Crippen LogP contribution in [0.15, 0.2) is 47.1 Å². The van der Waals surface area contributed by atoms with Gasteiger partial charge in [-0.25, -0.2) is 4.39 Å². The van der Waals surface area contributed by atoms with Crippen molar-refractivity contribution >= 4 is 21.8 Å². The fraction of sp³-hybridized carbons (Fsp3) is 0.250. The lowest BCUT2D eigenvalue weighted by molar-refractivity contribution is 0.0677. The molecule has 22 heavy (non-hydrogen) atoms. The molecule has 0 N–H and O–H groups in total. The number of methoxy groups -OCH3 is 1. The normalized spacial score (nSPS) is 10.5. The number of halogens is 2. The van der Waals surface area contributed by atoms with Gasteiger partial charge < -0.3 is 9.64 Å². The summed E-state index contributed by atoms with van der Waals surface area (Å²) in [7, 11) is 1.58. The maximum Gasteiger partial charge on any atom is 0.255 e. The van der Waals surface area contributed by atoms with E-state index in [1.54, 1.807) is 18.2 Å². The maximum atomic E-state index is 13.2. The largest absolute Gasteiger partial charge is 0.383 e. The number of amides is 1. The molecule has 2 rings (SSSR count).